The van der Waals surface area contributed by atoms with Crippen molar-refractivity contribution in [1.82, 2.24) is 4.72 Å². The first kappa shape index (κ1) is 14.2. The van der Waals surface area contributed by atoms with Crippen molar-refractivity contribution in [1.29, 1.82) is 0 Å². The highest BCUT2D eigenvalue weighted by Gasteiger charge is 2.13. The Labute approximate surface area is 118 Å². The van der Waals surface area contributed by atoms with Gasteiger partial charge in [-0.25, -0.2) is 13.1 Å². The Bertz CT molecular complexity index is 601. The zero-order chi connectivity index (χ0) is 13.7. The van der Waals surface area contributed by atoms with E-state index in [0.717, 1.165) is 12.0 Å². The van der Waals surface area contributed by atoms with Gasteiger partial charge >= 0.3 is 0 Å². The number of hydrogen-bond acceptors (Lipinski definition) is 3. The van der Waals surface area contributed by atoms with Crippen molar-refractivity contribution in [2.45, 2.75) is 24.0 Å². The average Bonchev–Trinajstić information content (AvgIpc) is 2.94. The molecule has 5 heteroatoms. The molecule has 102 valence electrons. The van der Waals surface area contributed by atoms with Crippen LogP contribution in [0.1, 0.15) is 18.1 Å². The highest BCUT2D eigenvalue weighted by Crippen LogP contribution is 2.15. The third kappa shape index (κ3) is 3.89. The zero-order valence-corrected chi connectivity index (χ0v) is 12.4. The third-order valence-corrected chi connectivity index (χ3v) is 5.76. The second-order valence-corrected chi connectivity index (χ2v) is 7.19. The SMILES string of the molecule is CCc1ccc(CCNS(=O)(=O)c2cccs2)cc1. The van der Waals surface area contributed by atoms with Crippen LogP contribution in [0.5, 0.6) is 0 Å². The van der Waals surface area contributed by atoms with E-state index < -0.39 is 10.0 Å². The van der Waals surface area contributed by atoms with Gasteiger partial charge in [0.05, 0.1) is 0 Å². The van der Waals surface area contributed by atoms with Crippen molar-refractivity contribution in [3.8, 4) is 0 Å². The van der Waals surface area contributed by atoms with E-state index in [9.17, 15) is 8.42 Å². The fourth-order valence-electron chi connectivity index (χ4n) is 1.76. The number of nitrogens with one attached hydrogen (secondary N) is 1. The lowest BCUT2D eigenvalue weighted by Gasteiger charge is -2.05. The smallest absolute Gasteiger partial charge is 0.210 e. The van der Waals surface area contributed by atoms with E-state index in [4.69, 9.17) is 0 Å². The summed E-state index contributed by atoms with van der Waals surface area (Å²) in [4.78, 5) is 0. The monoisotopic (exact) mass is 295 g/mol. The Kier molecular flexibility index (Phi) is 4.74. The highest BCUT2D eigenvalue weighted by atomic mass is 32.2. The van der Waals surface area contributed by atoms with Crippen molar-refractivity contribution in [2.24, 2.45) is 0 Å². The Morgan fingerprint density at radius 2 is 1.79 bits per heavy atom. The molecule has 0 saturated heterocycles. The van der Waals surface area contributed by atoms with E-state index in [1.165, 1.54) is 16.9 Å². The van der Waals surface area contributed by atoms with Gasteiger partial charge in [0.1, 0.15) is 4.21 Å². The van der Waals surface area contributed by atoms with Gasteiger partial charge in [-0.3, -0.25) is 0 Å². The van der Waals surface area contributed by atoms with Crippen LogP contribution in [0.3, 0.4) is 0 Å². The lowest BCUT2D eigenvalue weighted by atomic mass is 10.1. The van der Waals surface area contributed by atoms with Crippen LogP contribution in [0.15, 0.2) is 46.0 Å². The molecule has 1 aromatic heterocycles. The van der Waals surface area contributed by atoms with Crippen LogP contribution in [-0.4, -0.2) is 15.0 Å². The molecule has 0 atom stereocenters. The lowest BCUT2D eigenvalue weighted by Crippen LogP contribution is -2.25. The standard InChI is InChI=1S/C14H17NO2S2/c1-2-12-5-7-13(8-6-12)9-10-15-19(16,17)14-4-3-11-18-14/h3-8,11,15H,2,9-10H2,1H3. The van der Waals surface area contributed by atoms with Crippen LogP contribution in [0, 0.1) is 0 Å². The summed E-state index contributed by atoms with van der Waals surface area (Å²) in [6.45, 7) is 2.54. The Morgan fingerprint density at radius 1 is 1.11 bits per heavy atom. The normalized spacial score (nSPS) is 11.6. The molecule has 2 aromatic rings. The molecule has 0 spiro atoms. The zero-order valence-electron chi connectivity index (χ0n) is 10.8. The van der Waals surface area contributed by atoms with Crippen molar-refractivity contribution in [3.05, 3.63) is 52.9 Å². The maximum absolute atomic E-state index is 11.9. The predicted molar refractivity (Wildman–Crippen MR) is 79.0 cm³/mol. The van der Waals surface area contributed by atoms with E-state index in [1.807, 2.05) is 0 Å². The maximum Gasteiger partial charge on any atom is 0.250 e. The molecule has 1 N–H and O–H groups in total. The minimum absolute atomic E-state index is 0.369. The van der Waals surface area contributed by atoms with Crippen LogP contribution in [0.25, 0.3) is 0 Å². The largest absolute Gasteiger partial charge is 0.250 e. The van der Waals surface area contributed by atoms with E-state index >= 15 is 0 Å². The molecule has 0 saturated carbocycles. The molecular weight excluding hydrogens is 278 g/mol. The third-order valence-electron chi connectivity index (χ3n) is 2.90. The van der Waals surface area contributed by atoms with Gasteiger partial charge < -0.3 is 0 Å². The summed E-state index contributed by atoms with van der Waals surface area (Å²) in [5.41, 5.74) is 2.44. The molecule has 3 nitrogen and oxygen atoms in total. The van der Waals surface area contributed by atoms with Crippen LogP contribution in [-0.2, 0) is 22.9 Å². The molecule has 0 bridgehead atoms. The minimum atomic E-state index is -3.33. The summed E-state index contributed by atoms with van der Waals surface area (Å²) in [6.07, 6.45) is 1.72. The first-order chi connectivity index (χ1) is 9.12. The van der Waals surface area contributed by atoms with Crippen LogP contribution in [0.2, 0.25) is 0 Å². The number of thiophene rings is 1. The van der Waals surface area contributed by atoms with Gasteiger partial charge in [-0.05, 0) is 35.4 Å². The molecule has 0 aliphatic heterocycles. The molecule has 0 unspecified atom stereocenters. The molecule has 2 rings (SSSR count). The van der Waals surface area contributed by atoms with Crippen LogP contribution in [0.4, 0.5) is 0 Å². The number of aryl methyl sites for hydroxylation is 1. The summed E-state index contributed by atoms with van der Waals surface area (Å²) < 4.78 is 26.8. The first-order valence-electron chi connectivity index (χ1n) is 6.23. The molecule has 0 fully saturated rings. The highest BCUT2D eigenvalue weighted by molar-refractivity contribution is 7.91. The molecule has 19 heavy (non-hydrogen) atoms. The molecule has 0 aliphatic rings. The van der Waals surface area contributed by atoms with Gasteiger partial charge in [-0.15, -0.1) is 11.3 Å². The minimum Gasteiger partial charge on any atom is -0.210 e. The van der Waals surface area contributed by atoms with E-state index in [-0.39, 0.29) is 0 Å². The van der Waals surface area contributed by atoms with Crippen molar-refractivity contribution in [3.63, 3.8) is 0 Å². The van der Waals surface area contributed by atoms with Gasteiger partial charge in [0.25, 0.3) is 0 Å². The Morgan fingerprint density at radius 3 is 2.37 bits per heavy atom. The van der Waals surface area contributed by atoms with Gasteiger partial charge in [-0.1, -0.05) is 37.3 Å². The molecule has 0 aliphatic carbocycles. The second-order valence-electron chi connectivity index (χ2n) is 4.25. The summed E-state index contributed by atoms with van der Waals surface area (Å²) in [7, 11) is -3.33. The summed E-state index contributed by atoms with van der Waals surface area (Å²) in [6, 6.07) is 11.6. The van der Waals surface area contributed by atoms with Crippen molar-refractivity contribution in [2.75, 3.05) is 6.54 Å². The average molecular weight is 295 g/mol. The number of rotatable bonds is 6. The van der Waals surface area contributed by atoms with Crippen molar-refractivity contribution < 1.29 is 8.42 Å². The number of benzene rings is 1. The summed E-state index contributed by atoms with van der Waals surface area (Å²) in [5.74, 6) is 0. The van der Waals surface area contributed by atoms with E-state index in [0.29, 0.717) is 17.2 Å². The fraction of sp³-hybridized carbons (Fsp3) is 0.286. The van der Waals surface area contributed by atoms with Crippen molar-refractivity contribution >= 4 is 21.4 Å². The summed E-state index contributed by atoms with van der Waals surface area (Å²) >= 11 is 1.23. The van der Waals surface area contributed by atoms with E-state index in [2.05, 4.69) is 35.9 Å². The summed E-state index contributed by atoms with van der Waals surface area (Å²) in [5, 5.41) is 1.76. The molecule has 0 amide bonds. The van der Waals surface area contributed by atoms with Gasteiger partial charge in [0.15, 0.2) is 0 Å². The van der Waals surface area contributed by atoms with Crippen LogP contribution >= 0.6 is 11.3 Å². The van der Waals surface area contributed by atoms with Gasteiger partial charge in [-0.2, -0.15) is 0 Å². The number of hydrogen-bond donors (Lipinski definition) is 1. The second kappa shape index (κ2) is 6.32. The molecular formula is C14H17NO2S2. The van der Waals surface area contributed by atoms with Crippen LogP contribution < -0.4 is 4.72 Å². The van der Waals surface area contributed by atoms with E-state index in [1.54, 1.807) is 17.5 Å². The molecule has 0 radical (unpaired) electrons. The lowest BCUT2D eigenvalue weighted by molar-refractivity contribution is 0.584. The predicted octanol–water partition coefficient (Wildman–Crippen LogP) is 2.83. The quantitative estimate of drug-likeness (QED) is 0.890. The Hall–Kier alpha value is -1.17. The fourth-order valence-corrected chi connectivity index (χ4v) is 3.83. The first-order valence-corrected chi connectivity index (χ1v) is 8.59. The Balaban J connectivity index is 1.89. The number of sulfonamides is 1. The maximum atomic E-state index is 11.9. The molecule has 1 aromatic carbocycles. The van der Waals surface area contributed by atoms with Gasteiger partial charge in [0, 0.05) is 6.54 Å². The molecule has 1 heterocycles. The van der Waals surface area contributed by atoms with Gasteiger partial charge in [0.2, 0.25) is 10.0 Å². The topological polar surface area (TPSA) is 46.2 Å².